The summed E-state index contributed by atoms with van der Waals surface area (Å²) in [7, 11) is 0. The van der Waals surface area contributed by atoms with Gasteiger partial charge in [-0.05, 0) is 24.7 Å². The van der Waals surface area contributed by atoms with Crippen molar-refractivity contribution in [2.75, 3.05) is 18.0 Å². The molecule has 1 aliphatic rings. The maximum absolute atomic E-state index is 6.02. The van der Waals surface area contributed by atoms with Gasteiger partial charge in [-0.2, -0.15) is 0 Å². The van der Waals surface area contributed by atoms with Crippen LogP contribution >= 0.6 is 0 Å². The molecule has 2 N–H and O–H groups in total. The lowest BCUT2D eigenvalue weighted by Gasteiger charge is -2.31. The lowest BCUT2D eigenvalue weighted by atomic mass is 9.90. The van der Waals surface area contributed by atoms with Crippen LogP contribution in [0.3, 0.4) is 0 Å². The van der Waals surface area contributed by atoms with Gasteiger partial charge in [0.15, 0.2) is 0 Å². The lowest BCUT2D eigenvalue weighted by molar-refractivity contribution is 0.406. The average Bonchev–Trinajstić information content (AvgIpc) is 2.27. The van der Waals surface area contributed by atoms with Crippen molar-refractivity contribution in [2.24, 2.45) is 11.1 Å². The van der Waals surface area contributed by atoms with Crippen molar-refractivity contribution in [3.63, 3.8) is 0 Å². The van der Waals surface area contributed by atoms with Crippen LogP contribution in [0.4, 0.5) is 5.82 Å². The van der Waals surface area contributed by atoms with E-state index in [0.29, 0.717) is 0 Å². The Morgan fingerprint density at radius 2 is 2.17 bits per heavy atom. The minimum absolute atomic E-state index is 0.254. The molecule has 0 bridgehead atoms. The monoisotopic (exact) mass is 248 g/mol. The van der Waals surface area contributed by atoms with Gasteiger partial charge in [0.05, 0.1) is 0 Å². The molecule has 1 aliphatic heterocycles. The number of hydrogen-bond acceptors (Lipinski definition) is 4. The van der Waals surface area contributed by atoms with Gasteiger partial charge < -0.3 is 10.6 Å². The predicted molar refractivity (Wildman–Crippen MR) is 74.6 cm³/mol. The van der Waals surface area contributed by atoms with Crippen molar-refractivity contribution >= 4 is 5.82 Å². The predicted octanol–water partition coefficient (Wildman–Crippen LogP) is 1.99. The van der Waals surface area contributed by atoms with E-state index in [1.807, 2.05) is 0 Å². The molecule has 0 saturated carbocycles. The molecular formula is C14H24N4. The van der Waals surface area contributed by atoms with Gasteiger partial charge in [-0.3, -0.25) is 0 Å². The second kappa shape index (κ2) is 5.22. The summed E-state index contributed by atoms with van der Waals surface area (Å²) in [6, 6.07) is 2.39. The van der Waals surface area contributed by atoms with E-state index >= 15 is 0 Å². The highest BCUT2D eigenvalue weighted by molar-refractivity contribution is 5.39. The summed E-state index contributed by atoms with van der Waals surface area (Å²) in [5, 5.41) is 0. The topological polar surface area (TPSA) is 55.0 Å². The maximum Gasteiger partial charge on any atom is 0.132 e. The molecule has 1 aromatic rings. The van der Waals surface area contributed by atoms with E-state index in [4.69, 9.17) is 5.73 Å². The molecule has 0 radical (unpaired) electrons. The quantitative estimate of drug-likeness (QED) is 0.869. The molecule has 1 unspecified atom stereocenters. The molecule has 4 nitrogen and oxygen atoms in total. The second-order valence-electron chi connectivity index (χ2n) is 6.45. The smallest absolute Gasteiger partial charge is 0.132 e. The van der Waals surface area contributed by atoms with Gasteiger partial charge >= 0.3 is 0 Å². The van der Waals surface area contributed by atoms with Crippen molar-refractivity contribution in [3.05, 3.63) is 18.1 Å². The number of anilines is 1. The van der Waals surface area contributed by atoms with Crippen LogP contribution < -0.4 is 10.6 Å². The van der Waals surface area contributed by atoms with Crippen LogP contribution in [-0.2, 0) is 6.42 Å². The van der Waals surface area contributed by atoms with Crippen molar-refractivity contribution in [1.29, 1.82) is 0 Å². The van der Waals surface area contributed by atoms with E-state index in [1.165, 1.54) is 0 Å². The first kappa shape index (κ1) is 13.3. The number of aromatic nitrogens is 2. The first-order valence-electron chi connectivity index (χ1n) is 6.75. The minimum Gasteiger partial charge on any atom is -0.355 e. The summed E-state index contributed by atoms with van der Waals surface area (Å²) in [4.78, 5) is 11.0. The highest BCUT2D eigenvalue weighted by atomic mass is 15.2. The highest BCUT2D eigenvalue weighted by Crippen LogP contribution is 2.22. The zero-order valence-corrected chi connectivity index (χ0v) is 11.7. The van der Waals surface area contributed by atoms with Gasteiger partial charge in [0.25, 0.3) is 0 Å². The van der Waals surface area contributed by atoms with E-state index < -0.39 is 0 Å². The van der Waals surface area contributed by atoms with Gasteiger partial charge in [-0.15, -0.1) is 0 Å². The normalized spacial score (nSPS) is 21.1. The SMILES string of the molecule is CC(C)(C)Cc1cc(N2CCCC(N)C2)ncn1. The Labute approximate surface area is 110 Å². The van der Waals surface area contributed by atoms with Crippen LogP contribution in [0.1, 0.15) is 39.3 Å². The minimum atomic E-state index is 0.254. The van der Waals surface area contributed by atoms with Crippen LogP contribution in [0, 0.1) is 5.41 Å². The van der Waals surface area contributed by atoms with Crippen LogP contribution in [-0.4, -0.2) is 29.1 Å². The third kappa shape index (κ3) is 3.67. The van der Waals surface area contributed by atoms with Gasteiger partial charge in [0.2, 0.25) is 0 Å². The van der Waals surface area contributed by atoms with Crippen LogP contribution in [0.15, 0.2) is 12.4 Å². The summed E-state index contributed by atoms with van der Waals surface area (Å²) in [6.45, 7) is 8.65. The number of hydrogen-bond donors (Lipinski definition) is 1. The fraction of sp³-hybridized carbons (Fsp3) is 0.714. The van der Waals surface area contributed by atoms with E-state index in [1.54, 1.807) is 6.33 Å². The molecule has 0 amide bonds. The van der Waals surface area contributed by atoms with E-state index in [-0.39, 0.29) is 11.5 Å². The van der Waals surface area contributed by atoms with Crippen LogP contribution in [0.5, 0.6) is 0 Å². The summed E-state index contributed by atoms with van der Waals surface area (Å²) in [6.07, 6.45) is 4.93. The van der Waals surface area contributed by atoms with Crippen molar-refractivity contribution in [1.82, 2.24) is 9.97 Å². The molecule has 1 aromatic heterocycles. The highest BCUT2D eigenvalue weighted by Gasteiger charge is 2.19. The van der Waals surface area contributed by atoms with Gasteiger partial charge in [-0.1, -0.05) is 20.8 Å². The molecule has 1 fully saturated rings. The molecule has 18 heavy (non-hydrogen) atoms. The second-order valence-corrected chi connectivity index (χ2v) is 6.45. The lowest BCUT2D eigenvalue weighted by Crippen LogP contribution is -2.43. The zero-order chi connectivity index (χ0) is 13.2. The largest absolute Gasteiger partial charge is 0.355 e. The Balaban J connectivity index is 2.11. The molecule has 1 saturated heterocycles. The fourth-order valence-electron chi connectivity index (χ4n) is 2.42. The summed E-state index contributed by atoms with van der Waals surface area (Å²) in [5.41, 5.74) is 7.39. The fourth-order valence-corrected chi connectivity index (χ4v) is 2.42. The van der Waals surface area contributed by atoms with Crippen molar-refractivity contribution in [2.45, 2.75) is 46.1 Å². The van der Waals surface area contributed by atoms with Gasteiger partial charge in [0, 0.05) is 30.9 Å². The first-order valence-corrected chi connectivity index (χ1v) is 6.75. The molecule has 4 heteroatoms. The summed E-state index contributed by atoms with van der Waals surface area (Å²) in [5.74, 6) is 1.03. The number of rotatable bonds is 2. The summed E-state index contributed by atoms with van der Waals surface area (Å²) >= 11 is 0. The molecule has 0 aromatic carbocycles. The van der Waals surface area contributed by atoms with Gasteiger partial charge in [-0.25, -0.2) is 9.97 Å². The Hall–Kier alpha value is -1.16. The van der Waals surface area contributed by atoms with Crippen LogP contribution in [0.2, 0.25) is 0 Å². The molecule has 100 valence electrons. The molecule has 0 spiro atoms. The molecule has 0 aliphatic carbocycles. The Kier molecular flexibility index (Phi) is 3.85. The van der Waals surface area contributed by atoms with Crippen molar-refractivity contribution < 1.29 is 0 Å². The van der Waals surface area contributed by atoms with E-state index in [9.17, 15) is 0 Å². The molecule has 2 heterocycles. The van der Waals surface area contributed by atoms with Crippen molar-refractivity contribution in [3.8, 4) is 0 Å². The van der Waals surface area contributed by atoms with Crippen LogP contribution in [0.25, 0.3) is 0 Å². The zero-order valence-electron chi connectivity index (χ0n) is 11.7. The maximum atomic E-state index is 6.02. The van der Waals surface area contributed by atoms with E-state index in [0.717, 1.165) is 43.9 Å². The standard InChI is InChI=1S/C14H24N4/c1-14(2,3)8-12-7-13(17-10-16-12)18-6-4-5-11(15)9-18/h7,10-11H,4-6,8-9,15H2,1-3H3. The Morgan fingerprint density at radius 3 is 2.83 bits per heavy atom. The third-order valence-corrected chi connectivity index (χ3v) is 3.20. The Bertz CT molecular complexity index is 397. The molecule has 1 atom stereocenters. The van der Waals surface area contributed by atoms with E-state index in [2.05, 4.69) is 41.7 Å². The van der Waals surface area contributed by atoms with Gasteiger partial charge in [0.1, 0.15) is 12.1 Å². The number of nitrogens with zero attached hydrogens (tertiary/aromatic N) is 3. The number of nitrogens with two attached hydrogens (primary N) is 1. The molecule has 2 rings (SSSR count). The summed E-state index contributed by atoms with van der Waals surface area (Å²) < 4.78 is 0. The Morgan fingerprint density at radius 1 is 1.39 bits per heavy atom. The molecular weight excluding hydrogens is 224 g/mol. The average molecular weight is 248 g/mol. The third-order valence-electron chi connectivity index (χ3n) is 3.20. The first-order chi connectivity index (χ1) is 8.44. The number of piperidine rings is 1.